The molecular formula is C19H18ClNO. The predicted octanol–water partition coefficient (Wildman–Crippen LogP) is 5.50. The molecule has 112 valence electrons. The molecule has 0 bridgehead atoms. The Bertz CT molecular complexity index is 780. The van der Waals surface area contributed by atoms with E-state index >= 15 is 0 Å². The van der Waals surface area contributed by atoms with Gasteiger partial charge in [0.1, 0.15) is 5.75 Å². The van der Waals surface area contributed by atoms with Crippen molar-refractivity contribution in [3.05, 3.63) is 71.2 Å². The van der Waals surface area contributed by atoms with E-state index in [0.29, 0.717) is 13.2 Å². The summed E-state index contributed by atoms with van der Waals surface area (Å²) in [6.45, 7) is 3.29. The van der Waals surface area contributed by atoms with Crippen LogP contribution in [-0.2, 0) is 6.54 Å². The van der Waals surface area contributed by atoms with Crippen LogP contribution in [0.4, 0.5) is 5.69 Å². The monoisotopic (exact) mass is 311 g/mol. The van der Waals surface area contributed by atoms with Gasteiger partial charge >= 0.3 is 0 Å². The minimum absolute atomic E-state index is 0.642. The molecule has 3 rings (SSSR count). The van der Waals surface area contributed by atoms with Crippen molar-refractivity contribution in [2.75, 3.05) is 11.9 Å². The van der Waals surface area contributed by atoms with Crippen molar-refractivity contribution in [3.8, 4) is 5.75 Å². The first kappa shape index (κ1) is 14.7. The first-order valence-electron chi connectivity index (χ1n) is 7.41. The van der Waals surface area contributed by atoms with Gasteiger partial charge in [0.25, 0.3) is 0 Å². The molecule has 0 saturated carbocycles. The number of hydrogen-bond acceptors (Lipinski definition) is 2. The normalized spacial score (nSPS) is 10.6. The number of hydrogen-bond donors (Lipinski definition) is 1. The number of halogens is 1. The number of rotatable bonds is 5. The number of fused-ring (bicyclic) bond motifs is 1. The molecule has 3 heteroatoms. The van der Waals surface area contributed by atoms with Crippen molar-refractivity contribution < 1.29 is 4.74 Å². The summed E-state index contributed by atoms with van der Waals surface area (Å²) in [6.07, 6.45) is 0. The van der Waals surface area contributed by atoms with Gasteiger partial charge < -0.3 is 10.1 Å². The highest BCUT2D eigenvalue weighted by Gasteiger charge is 2.06. The highest BCUT2D eigenvalue weighted by atomic mass is 35.5. The molecule has 0 saturated heterocycles. The standard InChI is InChI=1S/C19H18ClNO/c1-2-22-19-11-10-16(20)12-15(19)13-21-18-9-5-7-14-6-3-4-8-17(14)18/h3-12,21H,2,13H2,1H3. The lowest BCUT2D eigenvalue weighted by Gasteiger charge is -2.13. The largest absolute Gasteiger partial charge is 0.494 e. The van der Waals surface area contributed by atoms with Gasteiger partial charge in [-0.3, -0.25) is 0 Å². The van der Waals surface area contributed by atoms with E-state index in [9.17, 15) is 0 Å². The zero-order valence-corrected chi connectivity index (χ0v) is 13.2. The van der Waals surface area contributed by atoms with Crippen LogP contribution in [0.5, 0.6) is 5.75 Å². The SMILES string of the molecule is CCOc1ccc(Cl)cc1CNc1cccc2ccccc12. The summed E-state index contributed by atoms with van der Waals surface area (Å²) in [6, 6.07) is 20.3. The van der Waals surface area contributed by atoms with Crippen LogP contribution in [-0.4, -0.2) is 6.61 Å². The fourth-order valence-electron chi connectivity index (χ4n) is 2.55. The summed E-state index contributed by atoms with van der Waals surface area (Å²) in [5.74, 6) is 0.875. The van der Waals surface area contributed by atoms with Gasteiger partial charge in [-0.1, -0.05) is 48.0 Å². The maximum absolute atomic E-state index is 6.11. The van der Waals surface area contributed by atoms with Gasteiger partial charge in [0.15, 0.2) is 0 Å². The average molecular weight is 312 g/mol. The smallest absolute Gasteiger partial charge is 0.124 e. The molecule has 22 heavy (non-hydrogen) atoms. The molecule has 0 aromatic heterocycles. The fraction of sp³-hybridized carbons (Fsp3) is 0.158. The van der Waals surface area contributed by atoms with Gasteiger partial charge in [0.2, 0.25) is 0 Å². The van der Waals surface area contributed by atoms with E-state index in [4.69, 9.17) is 16.3 Å². The van der Waals surface area contributed by atoms with E-state index in [1.54, 1.807) is 0 Å². The second-order valence-corrected chi connectivity index (χ2v) is 5.50. The summed E-state index contributed by atoms with van der Waals surface area (Å²) in [7, 11) is 0. The van der Waals surface area contributed by atoms with E-state index in [2.05, 4.69) is 47.8 Å². The molecule has 0 atom stereocenters. The predicted molar refractivity (Wildman–Crippen MR) is 93.9 cm³/mol. The lowest BCUT2D eigenvalue weighted by Crippen LogP contribution is -2.03. The molecule has 0 spiro atoms. The topological polar surface area (TPSA) is 21.3 Å². The maximum Gasteiger partial charge on any atom is 0.124 e. The third kappa shape index (κ3) is 3.18. The Kier molecular flexibility index (Phi) is 4.50. The third-order valence-electron chi connectivity index (χ3n) is 3.58. The number of benzene rings is 3. The zero-order chi connectivity index (χ0) is 15.4. The molecule has 3 aromatic rings. The summed E-state index contributed by atoms with van der Waals surface area (Å²) in [5.41, 5.74) is 2.17. The average Bonchev–Trinajstić information content (AvgIpc) is 2.55. The Morgan fingerprint density at radius 3 is 2.68 bits per heavy atom. The first-order valence-corrected chi connectivity index (χ1v) is 7.78. The van der Waals surface area contributed by atoms with Gasteiger partial charge in [-0.15, -0.1) is 0 Å². The van der Waals surface area contributed by atoms with Crippen LogP contribution in [0.3, 0.4) is 0 Å². The van der Waals surface area contributed by atoms with E-state index < -0.39 is 0 Å². The van der Waals surface area contributed by atoms with Crippen molar-refractivity contribution in [2.45, 2.75) is 13.5 Å². The summed E-state index contributed by atoms with van der Waals surface area (Å²) >= 11 is 6.11. The van der Waals surface area contributed by atoms with Crippen LogP contribution in [0.25, 0.3) is 10.8 Å². The van der Waals surface area contributed by atoms with Gasteiger partial charge in [0.05, 0.1) is 6.61 Å². The highest BCUT2D eigenvalue weighted by Crippen LogP contribution is 2.27. The molecule has 1 N–H and O–H groups in total. The zero-order valence-electron chi connectivity index (χ0n) is 12.5. The second kappa shape index (κ2) is 6.71. The summed E-state index contributed by atoms with van der Waals surface area (Å²) < 4.78 is 5.67. The third-order valence-corrected chi connectivity index (χ3v) is 3.82. The van der Waals surface area contributed by atoms with Crippen molar-refractivity contribution in [3.63, 3.8) is 0 Å². The molecule has 0 heterocycles. The van der Waals surface area contributed by atoms with E-state index in [1.807, 2.05) is 25.1 Å². The van der Waals surface area contributed by atoms with E-state index in [0.717, 1.165) is 22.0 Å². The molecule has 0 aliphatic carbocycles. The Morgan fingerprint density at radius 2 is 1.82 bits per heavy atom. The minimum atomic E-state index is 0.642. The van der Waals surface area contributed by atoms with Crippen molar-refractivity contribution in [1.82, 2.24) is 0 Å². The molecule has 3 aromatic carbocycles. The minimum Gasteiger partial charge on any atom is -0.494 e. The van der Waals surface area contributed by atoms with Crippen LogP contribution in [0.1, 0.15) is 12.5 Å². The van der Waals surface area contributed by atoms with Crippen molar-refractivity contribution >= 4 is 28.1 Å². The molecule has 0 aliphatic heterocycles. The quantitative estimate of drug-likeness (QED) is 0.671. The van der Waals surface area contributed by atoms with Crippen LogP contribution in [0.2, 0.25) is 5.02 Å². The molecule has 0 aliphatic rings. The lowest BCUT2D eigenvalue weighted by molar-refractivity contribution is 0.337. The van der Waals surface area contributed by atoms with Gasteiger partial charge in [-0.2, -0.15) is 0 Å². The van der Waals surface area contributed by atoms with E-state index in [1.165, 1.54) is 10.8 Å². The van der Waals surface area contributed by atoms with Gasteiger partial charge in [0, 0.05) is 28.2 Å². The van der Waals surface area contributed by atoms with Gasteiger partial charge in [-0.05, 0) is 36.6 Å². The summed E-state index contributed by atoms with van der Waals surface area (Å²) in [4.78, 5) is 0. The van der Waals surface area contributed by atoms with Crippen LogP contribution in [0, 0.1) is 0 Å². The molecule has 0 amide bonds. The van der Waals surface area contributed by atoms with Crippen LogP contribution >= 0.6 is 11.6 Å². The fourth-order valence-corrected chi connectivity index (χ4v) is 2.75. The lowest BCUT2D eigenvalue weighted by atomic mass is 10.1. The van der Waals surface area contributed by atoms with Gasteiger partial charge in [-0.25, -0.2) is 0 Å². The Hall–Kier alpha value is -2.19. The van der Waals surface area contributed by atoms with E-state index in [-0.39, 0.29) is 0 Å². The maximum atomic E-state index is 6.11. The molecule has 0 unspecified atom stereocenters. The molecule has 2 nitrogen and oxygen atoms in total. The number of nitrogens with one attached hydrogen (secondary N) is 1. The Balaban J connectivity index is 1.87. The highest BCUT2D eigenvalue weighted by molar-refractivity contribution is 6.30. The Labute approximate surface area is 135 Å². The molecule has 0 fully saturated rings. The Morgan fingerprint density at radius 1 is 1.00 bits per heavy atom. The molecular weight excluding hydrogens is 294 g/mol. The number of ether oxygens (including phenoxy) is 1. The van der Waals surface area contributed by atoms with Crippen LogP contribution in [0.15, 0.2) is 60.7 Å². The van der Waals surface area contributed by atoms with Crippen molar-refractivity contribution in [1.29, 1.82) is 0 Å². The number of anilines is 1. The van der Waals surface area contributed by atoms with Crippen molar-refractivity contribution in [2.24, 2.45) is 0 Å². The van der Waals surface area contributed by atoms with Crippen LogP contribution < -0.4 is 10.1 Å². The second-order valence-electron chi connectivity index (χ2n) is 5.07. The first-order chi connectivity index (χ1) is 10.8. The molecule has 0 radical (unpaired) electrons. The summed E-state index contributed by atoms with van der Waals surface area (Å²) in [5, 5.41) is 6.65.